The molecule has 1 heterocycles. The summed E-state index contributed by atoms with van der Waals surface area (Å²) in [5, 5.41) is 4.72. The largest absolute Gasteiger partial charge is 0.356 e. The molecule has 2 rings (SSSR count). The van der Waals surface area contributed by atoms with Crippen molar-refractivity contribution in [2.24, 2.45) is 5.92 Å². The number of rotatable bonds is 2. The van der Waals surface area contributed by atoms with Crippen LogP contribution in [0.2, 0.25) is 0 Å². The summed E-state index contributed by atoms with van der Waals surface area (Å²) in [5.41, 5.74) is -0.435. The third-order valence-corrected chi connectivity index (χ3v) is 2.91. The molecular weight excluding hydrogens is 261 g/mol. The fourth-order valence-electron chi connectivity index (χ4n) is 1.86. The lowest BCUT2D eigenvalue weighted by molar-refractivity contribution is -0.129. The van der Waals surface area contributed by atoms with Crippen molar-refractivity contribution in [1.29, 1.82) is 0 Å². The van der Waals surface area contributed by atoms with Gasteiger partial charge in [0, 0.05) is 18.9 Å². The molecule has 0 spiro atoms. The molecular formula is C12H11F3N2O2. The van der Waals surface area contributed by atoms with Crippen LogP contribution in [0.25, 0.3) is 0 Å². The van der Waals surface area contributed by atoms with Crippen molar-refractivity contribution in [2.75, 3.05) is 11.9 Å². The Kier molecular flexibility index (Phi) is 3.73. The summed E-state index contributed by atoms with van der Waals surface area (Å²) in [6.07, 6.45) is 0.417. The van der Waals surface area contributed by atoms with E-state index in [1.165, 1.54) is 0 Å². The zero-order chi connectivity index (χ0) is 14.0. The van der Waals surface area contributed by atoms with Crippen molar-refractivity contribution >= 4 is 17.5 Å². The average molecular weight is 272 g/mol. The van der Waals surface area contributed by atoms with Crippen LogP contribution in [0.4, 0.5) is 18.9 Å². The number of amides is 2. The number of hydrogen-bond acceptors (Lipinski definition) is 2. The van der Waals surface area contributed by atoms with Gasteiger partial charge in [-0.1, -0.05) is 0 Å². The highest BCUT2D eigenvalue weighted by molar-refractivity contribution is 5.95. The molecule has 19 heavy (non-hydrogen) atoms. The fraction of sp³-hybridized carbons (Fsp3) is 0.333. The SMILES string of the molecule is O=C1CC(C(=O)Nc2ccc(F)c(F)c2F)CCN1. The number of carbonyl (C=O) groups excluding carboxylic acids is 2. The maximum atomic E-state index is 13.4. The van der Waals surface area contributed by atoms with Crippen LogP contribution in [0.1, 0.15) is 12.8 Å². The molecule has 4 nitrogen and oxygen atoms in total. The molecule has 0 saturated carbocycles. The Morgan fingerprint density at radius 2 is 2.00 bits per heavy atom. The lowest BCUT2D eigenvalue weighted by atomic mass is 9.96. The molecule has 1 aliphatic rings. The molecule has 1 aliphatic heterocycles. The Hall–Kier alpha value is -2.05. The highest BCUT2D eigenvalue weighted by atomic mass is 19.2. The van der Waals surface area contributed by atoms with E-state index >= 15 is 0 Å². The summed E-state index contributed by atoms with van der Waals surface area (Å²) in [4.78, 5) is 22.9. The molecule has 0 radical (unpaired) electrons. The maximum Gasteiger partial charge on any atom is 0.228 e. The topological polar surface area (TPSA) is 58.2 Å². The summed E-state index contributed by atoms with van der Waals surface area (Å²) < 4.78 is 39.1. The van der Waals surface area contributed by atoms with Crippen molar-refractivity contribution in [1.82, 2.24) is 5.32 Å². The van der Waals surface area contributed by atoms with Gasteiger partial charge < -0.3 is 10.6 Å². The van der Waals surface area contributed by atoms with Gasteiger partial charge >= 0.3 is 0 Å². The normalized spacial score (nSPS) is 18.9. The zero-order valence-corrected chi connectivity index (χ0v) is 9.80. The van der Waals surface area contributed by atoms with E-state index in [4.69, 9.17) is 0 Å². The van der Waals surface area contributed by atoms with Crippen LogP contribution in [0, 0.1) is 23.4 Å². The molecule has 102 valence electrons. The summed E-state index contributed by atoms with van der Waals surface area (Å²) in [6.45, 7) is 0.358. The second-order valence-electron chi connectivity index (χ2n) is 4.25. The molecule has 7 heteroatoms. The monoisotopic (exact) mass is 272 g/mol. The minimum atomic E-state index is -1.64. The van der Waals surface area contributed by atoms with Gasteiger partial charge in [0.2, 0.25) is 11.8 Å². The highest BCUT2D eigenvalue weighted by Gasteiger charge is 2.26. The van der Waals surface area contributed by atoms with E-state index < -0.39 is 35.0 Å². The number of anilines is 1. The fourth-order valence-corrected chi connectivity index (χ4v) is 1.86. The van der Waals surface area contributed by atoms with Crippen molar-refractivity contribution in [3.8, 4) is 0 Å². The molecule has 1 unspecified atom stereocenters. The number of benzene rings is 1. The van der Waals surface area contributed by atoms with Crippen molar-refractivity contribution in [2.45, 2.75) is 12.8 Å². The Morgan fingerprint density at radius 1 is 1.26 bits per heavy atom. The summed E-state index contributed by atoms with van der Waals surface area (Å²) >= 11 is 0. The van der Waals surface area contributed by atoms with Gasteiger partial charge in [0.05, 0.1) is 5.69 Å². The van der Waals surface area contributed by atoms with Crippen LogP contribution in [0.3, 0.4) is 0 Å². The third-order valence-electron chi connectivity index (χ3n) is 2.91. The van der Waals surface area contributed by atoms with Crippen LogP contribution < -0.4 is 10.6 Å². The second-order valence-corrected chi connectivity index (χ2v) is 4.25. The number of carbonyl (C=O) groups is 2. The van der Waals surface area contributed by atoms with E-state index in [-0.39, 0.29) is 12.3 Å². The van der Waals surface area contributed by atoms with Gasteiger partial charge in [0.25, 0.3) is 0 Å². The number of piperidine rings is 1. The Labute approximate surface area is 107 Å². The Morgan fingerprint density at radius 3 is 2.68 bits per heavy atom. The van der Waals surface area contributed by atoms with Gasteiger partial charge in [-0.3, -0.25) is 9.59 Å². The van der Waals surface area contributed by atoms with Gasteiger partial charge in [0.15, 0.2) is 17.5 Å². The van der Waals surface area contributed by atoms with Gasteiger partial charge in [0.1, 0.15) is 0 Å². The van der Waals surface area contributed by atoms with E-state index in [1.54, 1.807) is 0 Å². The van der Waals surface area contributed by atoms with E-state index in [9.17, 15) is 22.8 Å². The first-order chi connectivity index (χ1) is 8.99. The van der Waals surface area contributed by atoms with E-state index in [0.717, 1.165) is 12.1 Å². The van der Waals surface area contributed by atoms with E-state index in [1.807, 2.05) is 0 Å². The molecule has 0 bridgehead atoms. The smallest absolute Gasteiger partial charge is 0.228 e. The van der Waals surface area contributed by atoms with Crippen molar-refractivity contribution in [3.63, 3.8) is 0 Å². The highest BCUT2D eigenvalue weighted by Crippen LogP contribution is 2.22. The zero-order valence-electron chi connectivity index (χ0n) is 9.80. The molecule has 1 aromatic rings. The number of nitrogens with one attached hydrogen (secondary N) is 2. The summed E-state index contributed by atoms with van der Waals surface area (Å²) in [5.74, 6) is -5.86. The lowest BCUT2D eigenvalue weighted by Gasteiger charge is -2.21. The average Bonchev–Trinajstić information content (AvgIpc) is 2.39. The predicted molar refractivity (Wildman–Crippen MR) is 60.7 cm³/mol. The summed E-state index contributed by atoms with van der Waals surface area (Å²) in [7, 11) is 0. The van der Waals surface area contributed by atoms with Crippen LogP contribution in [-0.2, 0) is 9.59 Å². The minimum Gasteiger partial charge on any atom is -0.356 e. The third kappa shape index (κ3) is 2.86. The minimum absolute atomic E-state index is 0.00285. The van der Waals surface area contributed by atoms with Crippen molar-refractivity contribution in [3.05, 3.63) is 29.6 Å². The first kappa shape index (κ1) is 13.4. The lowest BCUT2D eigenvalue weighted by Crippen LogP contribution is -2.38. The Balaban J connectivity index is 2.11. The molecule has 0 aliphatic carbocycles. The van der Waals surface area contributed by atoms with Crippen LogP contribution in [0.5, 0.6) is 0 Å². The first-order valence-electron chi connectivity index (χ1n) is 5.70. The molecule has 2 N–H and O–H groups in total. The molecule has 1 atom stereocenters. The molecule has 2 amide bonds. The van der Waals surface area contributed by atoms with Crippen LogP contribution >= 0.6 is 0 Å². The van der Waals surface area contributed by atoms with Crippen molar-refractivity contribution < 1.29 is 22.8 Å². The quantitative estimate of drug-likeness (QED) is 0.803. The van der Waals surface area contributed by atoms with Gasteiger partial charge in [-0.15, -0.1) is 0 Å². The maximum absolute atomic E-state index is 13.4. The molecule has 1 fully saturated rings. The van der Waals surface area contributed by atoms with Gasteiger partial charge in [-0.25, -0.2) is 13.2 Å². The number of hydrogen-bond donors (Lipinski definition) is 2. The molecule has 1 saturated heterocycles. The van der Waals surface area contributed by atoms with E-state index in [0.29, 0.717) is 13.0 Å². The van der Waals surface area contributed by atoms with Gasteiger partial charge in [-0.05, 0) is 18.6 Å². The standard InChI is InChI=1S/C12H11F3N2O2/c13-7-1-2-8(11(15)10(7)14)17-12(19)6-3-4-16-9(18)5-6/h1-2,6H,3-5H2,(H,16,18)(H,17,19). The first-order valence-corrected chi connectivity index (χ1v) is 5.70. The second kappa shape index (κ2) is 5.29. The predicted octanol–water partition coefficient (Wildman–Crippen LogP) is 1.57. The molecule has 1 aromatic carbocycles. The van der Waals surface area contributed by atoms with Crippen LogP contribution in [0.15, 0.2) is 12.1 Å². The van der Waals surface area contributed by atoms with Crippen LogP contribution in [-0.4, -0.2) is 18.4 Å². The number of halogens is 3. The van der Waals surface area contributed by atoms with E-state index in [2.05, 4.69) is 10.6 Å². The van der Waals surface area contributed by atoms with Gasteiger partial charge in [-0.2, -0.15) is 0 Å². The molecule has 0 aromatic heterocycles. The Bertz CT molecular complexity index is 534. The summed E-state index contributed by atoms with van der Waals surface area (Å²) in [6, 6.07) is 1.66.